The van der Waals surface area contributed by atoms with Crippen molar-refractivity contribution < 1.29 is 0 Å². The first-order valence-corrected chi connectivity index (χ1v) is 5.88. The monoisotopic (exact) mass is 220 g/mol. The van der Waals surface area contributed by atoms with Crippen LogP contribution in [0.2, 0.25) is 0 Å². The quantitative estimate of drug-likeness (QED) is 0.813. The van der Waals surface area contributed by atoms with Gasteiger partial charge in [0.25, 0.3) is 0 Å². The summed E-state index contributed by atoms with van der Waals surface area (Å²) in [5.41, 5.74) is 5.71. The van der Waals surface area contributed by atoms with Crippen molar-refractivity contribution in [3.8, 4) is 0 Å². The second-order valence-electron chi connectivity index (χ2n) is 4.41. The molecule has 4 heteroatoms. The molecule has 1 unspecified atom stereocenters. The molecule has 1 fully saturated rings. The van der Waals surface area contributed by atoms with E-state index in [0.717, 1.165) is 25.5 Å². The highest BCUT2D eigenvalue weighted by molar-refractivity contribution is 5.45. The van der Waals surface area contributed by atoms with E-state index in [9.17, 15) is 0 Å². The topological polar surface area (TPSA) is 45.4 Å². The standard InChI is InChI=1S/C12H20N4/c1-3-10-9-16(8-7-15(10)2)12-6-4-5-11(13)14-12/h4-6,10H,3,7-9H2,1-2H3,(H2,13,14). The van der Waals surface area contributed by atoms with Gasteiger partial charge in [-0.15, -0.1) is 0 Å². The molecule has 0 radical (unpaired) electrons. The number of aromatic nitrogens is 1. The van der Waals surface area contributed by atoms with Gasteiger partial charge in [0.15, 0.2) is 0 Å². The molecule has 1 aliphatic rings. The fraction of sp³-hybridized carbons (Fsp3) is 0.583. The molecule has 0 amide bonds. The van der Waals surface area contributed by atoms with Crippen LogP contribution in [-0.2, 0) is 0 Å². The van der Waals surface area contributed by atoms with Crippen molar-refractivity contribution in [2.45, 2.75) is 19.4 Å². The van der Waals surface area contributed by atoms with Crippen LogP contribution in [0.1, 0.15) is 13.3 Å². The minimum atomic E-state index is 0.601. The maximum Gasteiger partial charge on any atom is 0.131 e. The summed E-state index contributed by atoms with van der Waals surface area (Å²) in [7, 11) is 2.19. The Kier molecular flexibility index (Phi) is 3.29. The molecule has 2 N–H and O–H groups in total. The second kappa shape index (κ2) is 4.70. The number of nitrogens with two attached hydrogens (primary N) is 1. The van der Waals surface area contributed by atoms with Crippen molar-refractivity contribution in [2.75, 3.05) is 37.3 Å². The molecule has 2 heterocycles. The van der Waals surface area contributed by atoms with Crippen LogP contribution in [0.3, 0.4) is 0 Å². The Labute approximate surface area is 97.1 Å². The highest BCUT2D eigenvalue weighted by atomic mass is 15.3. The maximum absolute atomic E-state index is 5.71. The third-order valence-corrected chi connectivity index (χ3v) is 3.33. The van der Waals surface area contributed by atoms with E-state index in [0.29, 0.717) is 11.9 Å². The van der Waals surface area contributed by atoms with E-state index >= 15 is 0 Å². The zero-order valence-corrected chi connectivity index (χ0v) is 10.1. The molecular weight excluding hydrogens is 200 g/mol. The highest BCUT2D eigenvalue weighted by Crippen LogP contribution is 2.18. The first-order chi connectivity index (χ1) is 7.70. The zero-order chi connectivity index (χ0) is 11.5. The summed E-state index contributed by atoms with van der Waals surface area (Å²) in [6.45, 7) is 5.40. The molecule has 1 saturated heterocycles. The van der Waals surface area contributed by atoms with E-state index in [4.69, 9.17) is 5.73 Å². The van der Waals surface area contributed by atoms with E-state index < -0.39 is 0 Å². The zero-order valence-electron chi connectivity index (χ0n) is 10.1. The van der Waals surface area contributed by atoms with Crippen molar-refractivity contribution in [1.29, 1.82) is 0 Å². The fourth-order valence-electron chi connectivity index (χ4n) is 2.21. The molecule has 16 heavy (non-hydrogen) atoms. The van der Waals surface area contributed by atoms with Crippen LogP contribution in [0.5, 0.6) is 0 Å². The van der Waals surface area contributed by atoms with Crippen LogP contribution < -0.4 is 10.6 Å². The molecule has 0 aromatic carbocycles. The SMILES string of the molecule is CCC1CN(c2cccc(N)n2)CCN1C. The lowest BCUT2D eigenvalue weighted by Gasteiger charge is -2.39. The van der Waals surface area contributed by atoms with Crippen LogP contribution in [-0.4, -0.2) is 42.6 Å². The van der Waals surface area contributed by atoms with Gasteiger partial charge < -0.3 is 10.6 Å². The number of hydrogen-bond acceptors (Lipinski definition) is 4. The van der Waals surface area contributed by atoms with Gasteiger partial charge in [0, 0.05) is 25.7 Å². The fourth-order valence-corrected chi connectivity index (χ4v) is 2.21. The summed E-state index contributed by atoms with van der Waals surface area (Å²) >= 11 is 0. The Morgan fingerprint density at radius 2 is 2.25 bits per heavy atom. The van der Waals surface area contributed by atoms with E-state index in [1.165, 1.54) is 6.42 Å². The lowest BCUT2D eigenvalue weighted by Crippen LogP contribution is -2.51. The molecule has 1 aromatic rings. The third-order valence-electron chi connectivity index (χ3n) is 3.33. The Hall–Kier alpha value is -1.29. The average molecular weight is 220 g/mol. The van der Waals surface area contributed by atoms with Gasteiger partial charge in [0.1, 0.15) is 11.6 Å². The average Bonchev–Trinajstić information content (AvgIpc) is 2.29. The van der Waals surface area contributed by atoms with E-state index in [1.807, 2.05) is 18.2 Å². The van der Waals surface area contributed by atoms with Crippen LogP contribution >= 0.6 is 0 Å². The molecule has 1 aliphatic heterocycles. The molecular formula is C12H20N4. The van der Waals surface area contributed by atoms with Crippen molar-refractivity contribution >= 4 is 11.6 Å². The summed E-state index contributed by atoms with van der Waals surface area (Å²) in [6, 6.07) is 6.46. The Balaban J connectivity index is 2.11. The Bertz CT molecular complexity index is 353. The summed E-state index contributed by atoms with van der Waals surface area (Å²) in [5, 5.41) is 0. The predicted octanol–water partition coefficient (Wildman–Crippen LogP) is 1.19. The number of piperazine rings is 1. The number of anilines is 2. The maximum atomic E-state index is 5.71. The molecule has 1 aromatic heterocycles. The van der Waals surface area contributed by atoms with Crippen molar-refractivity contribution in [3.63, 3.8) is 0 Å². The summed E-state index contributed by atoms with van der Waals surface area (Å²) in [6.07, 6.45) is 1.18. The number of pyridine rings is 1. The first kappa shape index (κ1) is 11.2. The summed E-state index contributed by atoms with van der Waals surface area (Å²) < 4.78 is 0. The molecule has 0 saturated carbocycles. The number of hydrogen-bond donors (Lipinski definition) is 1. The minimum absolute atomic E-state index is 0.601. The first-order valence-electron chi connectivity index (χ1n) is 5.88. The van der Waals surface area contributed by atoms with Crippen molar-refractivity contribution in [3.05, 3.63) is 18.2 Å². The van der Waals surface area contributed by atoms with Crippen LogP contribution in [0.15, 0.2) is 18.2 Å². The summed E-state index contributed by atoms with van der Waals surface area (Å²) in [5.74, 6) is 1.61. The van der Waals surface area contributed by atoms with Crippen LogP contribution in [0, 0.1) is 0 Å². The van der Waals surface area contributed by atoms with E-state index in [2.05, 4.69) is 28.8 Å². The van der Waals surface area contributed by atoms with Crippen LogP contribution in [0.25, 0.3) is 0 Å². The van der Waals surface area contributed by atoms with Crippen molar-refractivity contribution in [2.24, 2.45) is 0 Å². The lowest BCUT2D eigenvalue weighted by atomic mass is 10.1. The molecule has 4 nitrogen and oxygen atoms in total. The third kappa shape index (κ3) is 2.27. The number of nitrogens with zero attached hydrogens (tertiary/aromatic N) is 3. The number of rotatable bonds is 2. The van der Waals surface area contributed by atoms with Gasteiger partial charge in [-0.25, -0.2) is 4.98 Å². The smallest absolute Gasteiger partial charge is 0.131 e. The summed E-state index contributed by atoms with van der Waals surface area (Å²) in [4.78, 5) is 9.12. The van der Waals surface area contributed by atoms with Crippen LogP contribution in [0.4, 0.5) is 11.6 Å². The van der Waals surface area contributed by atoms with Gasteiger partial charge in [-0.1, -0.05) is 13.0 Å². The van der Waals surface area contributed by atoms with Gasteiger partial charge in [-0.3, -0.25) is 4.90 Å². The lowest BCUT2D eigenvalue weighted by molar-refractivity contribution is 0.213. The largest absolute Gasteiger partial charge is 0.384 e. The molecule has 0 spiro atoms. The van der Waals surface area contributed by atoms with Gasteiger partial charge in [0.05, 0.1) is 0 Å². The van der Waals surface area contributed by atoms with Gasteiger partial charge in [-0.05, 0) is 25.6 Å². The number of nitrogen functional groups attached to an aromatic ring is 1. The van der Waals surface area contributed by atoms with E-state index in [-0.39, 0.29) is 0 Å². The van der Waals surface area contributed by atoms with E-state index in [1.54, 1.807) is 0 Å². The molecule has 88 valence electrons. The molecule has 0 bridgehead atoms. The minimum Gasteiger partial charge on any atom is -0.384 e. The normalized spacial score (nSPS) is 22.4. The molecule has 0 aliphatic carbocycles. The second-order valence-corrected chi connectivity index (χ2v) is 4.41. The van der Waals surface area contributed by atoms with Gasteiger partial charge in [-0.2, -0.15) is 0 Å². The Morgan fingerprint density at radius 3 is 2.94 bits per heavy atom. The predicted molar refractivity (Wildman–Crippen MR) is 67.6 cm³/mol. The molecule has 1 atom stereocenters. The van der Waals surface area contributed by atoms with Gasteiger partial charge >= 0.3 is 0 Å². The Morgan fingerprint density at radius 1 is 1.44 bits per heavy atom. The van der Waals surface area contributed by atoms with Gasteiger partial charge in [0.2, 0.25) is 0 Å². The van der Waals surface area contributed by atoms with Crippen molar-refractivity contribution in [1.82, 2.24) is 9.88 Å². The number of likely N-dealkylation sites (N-methyl/N-ethyl adjacent to an activating group) is 1. The molecule has 2 rings (SSSR count). The highest BCUT2D eigenvalue weighted by Gasteiger charge is 2.23.